The fraction of sp³-hybridized carbons (Fsp3) is 0.0690. The first kappa shape index (κ1) is 41.5. The lowest BCUT2D eigenvalue weighted by Crippen LogP contribution is -2.03. The molecule has 0 aliphatic rings. The van der Waals surface area contributed by atoms with Crippen LogP contribution < -0.4 is 0 Å². The number of benzene rings is 9. The summed E-state index contributed by atoms with van der Waals surface area (Å²) in [4.78, 5) is 16.0. The Kier molecular flexibility index (Phi) is 13.9. The number of fused-ring (bicyclic) bond motifs is 4. The minimum Gasteiger partial charge on any atom is -0.309 e. The van der Waals surface area contributed by atoms with E-state index in [9.17, 15) is 0 Å². The molecule has 10 aromatic rings. The van der Waals surface area contributed by atoms with Crippen LogP contribution >= 0.6 is 0 Å². The van der Waals surface area contributed by atoms with Crippen molar-refractivity contribution in [3.8, 4) is 16.8 Å². The van der Waals surface area contributed by atoms with Gasteiger partial charge in [0.2, 0.25) is 0 Å². The van der Waals surface area contributed by atoms with Crippen LogP contribution in [0.4, 0.5) is 0 Å². The van der Waals surface area contributed by atoms with Gasteiger partial charge in [0.05, 0.1) is 11.0 Å². The van der Waals surface area contributed by atoms with E-state index in [1.54, 1.807) is 0 Å². The number of aromatic nitrogens is 1. The first-order valence-corrected chi connectivity index (χ1v) is 20.6. The second-order valence-electron chi connectivity index (χ2n) is 14.9. The topological polar surface area (TPSA) is 39.1 Å². The van der Waals surface area contributed by atoms with Crippen LogP contribution in [0.3, 0.4) is 0 Å². The molecule has 9 aromatic carbocycles. The molecule has 0 atom stereocenters. The molecule has 3 nitrogen and oxygen atoms in total. The Bertz CT molecular complexity index is 2890. The Hall–Kier alpha value is -7.62. The molecule has 298 valence electrons. The van der Waals surface area contributed by atoms with Crippen molar-refractivity contribution in [1.29, 1.82) is 0 Å². The van der Waals surface area contributed by atoms with Gasteiger partial charge in [-0.2, -0.15) is 0 Å². The van der Waals surface area contributed by atoms with Gasteiger partial charge in [0, 0.05) is 22.4 Å². The van der Waals surface area contributed by atoms with Gasteiger partial charge in [-0.05, 0) is 106 Å². The number of hydrogen-bond acceptors (Lipinski definition) is 2. The molecule has 0 saturated carbocycles. The highest BCUT2D eigenvalue weighted by atomic mass is 16.1. The number of carbonyl (C=O) groups excluding carboxylic acids is 2. The Balaban J connectivity index is 0.000000455. The maximum Gasteiger partial charge on any atom is 0.106 e. The molecular formula is C58H49NO2. The summed E-state index contributed by atoms with van der Waals surface area (Å²) in [7, 11) is 0. The highest BCUT2D eigenvalue weighted by Crippen LogP contribution is 2.39. The van der Waals surface area contributed by atoms with Gasteiger partial charge in [0.25, 0.3) is 0 Å². The zero-order chi connectivity index (χ0) is 42.4. The smallest absolute Gasteiger partial charge is 0.106 e. The standard InChI is InChI=1S/C49H37N.C7H8.2CH2O/c1-4-14-35(15-5-1)26-27-36-28-30-47-45(32-36)46-34-41(49(38-17-6-2-7-18-38)39-19-8-3-9-20-39)29-31-48(46)50(47)42-23-12-22-40(33-42)44-25-13-21-37-16-10-11-24-43(37)44;1-7-5-3-2-4-6-7;2*1-2/h1-25,28-34,49H,26-27H2;2-6H,1H3;2*1H2. The van der Waals surface area contributed by atoms with Crippen LogP contribution in [0.25, 0.3) is 49.4 Å². The van der Waals surface area contributed by atoms with Gasteiger partial charge in [-0.1, -0.05) is 194 Å². The molecule has 1 aromatic heterocycles. The van der Waals surface area contributed by atoms with Crippen molar-refractivity contribution in [1.82, 2.24) is 4.57 Å². The van der Waals surface area contributed by atoms with Crippen LogP contribution in [0.2, 0.25) is 0 Å². The minimum absolute atomic E-state index is 0.135. The normalized spacial score (nSPS) is 10.6. The summed E-state index contributed by atoms with van der Waals surface area (Å²) >= 11 is 0. The predicted molar refractivity (Wildman–Crippen MR) is 257 cm³/mol. The molecular weight excluding hydrogens is 743 g/mol. The molecule has 0 aliphatic heterocycles. The molecule has 0 unspecified atom stereocenters. The average molecular weight is 792 g/mol. The number of aryl methyl sites for hydroxylation is 3. The molecule has 0 aliphatic carbocycles. The van der Waals surface area contributed by atoms with Gasteiger partial charge in [0.15, 0.2) is 0 Å². The predicted octanol–water partition coefficient (Wildman–Crippen LogP) is 14.2. The first-order chi connectivity index (χ1) is 30.2. The highest BCUT2D eigenvalue weighted by Gasteiger charge is 2.20. The maximum atomic E-state index is 8.00. The van der Waals surface area contributed by atoms with Crippen molar-refractivity contribution in [3.63, 3.8) is 0 Å². The van der Waals surface area contributed by atoms with Crippen LogP contribution in [0.15, 0.2) is 224 Å². The molecule has 0 amide bonds. The molecule has 0 N–H and O–H groups in total. The quantitative estimate of drug-likeness (QED) is 0.144. The summed E-state index contributed by atoms with van der Waals surface area (Å²) in [5.74, 6) is 0.135. The van der Waals surface area contributed by atoms with E-state index in [4.69, 9.17) is 9.59 Å². The molecule has 0 fully saturated rings. The second-order valence-corrected chi connectivity index (χ2v) is 14.9. The Labute approximate surface area is 359 Å². The largest absolute Gasteiger partial charge is 0.309 e. The van der Waals surface area contributed by atoms with Gasteiger partial charge in [-0.3, -0.25) is 0 Å². The summed E-state index contributed by atoms with van der Waals surface area (Å²) in [6.45, 7) is 6.08. The summed E-state index contributed by atoms with van der Waals surface area (Å²) < 4.78 is 2.46. The maximum absolute atomic E-state index is 8.00. The Morgan fingerprint density at radius 3 is 1.57 bits per heavy atom. The number of nitrogens with zero attached hydrogens (tertiary/aromatic N) is 1. The van der Waals surface area contributed by atoms with E-state index >= 15 is 0 Å². The van der Waals surface area contributed by atoms with Crippen LogP contribution in [0.1, 0.15) is 39.3 Å². The van der Waals surface area contributed by atoms with E-state index in [-0.39, 0.29) is 5.92 Å². The van der Waals surface area contributed by atoms with Crippen LogP contribution in [-0.2, 0) is 22.4 Å². The summed E-state index contributed by atoms with van der Waals surface area (Å²) in [6, 6.07) is 81.5. The second kappa shape index (κ2) is 20.4. The molecule has 3 heteroatoms. The van der Waals surface area contributed by atoms with Crippen molar-refractivity contribution in [3.05, 3.63) is 258 Å². The number of rotatable bonds is 8. The molecule has 1 heterocycles. The summed E-state index contributed by atoms with van der Waals surface area (Å²) in [6.07, 6.45) is 2.02. The van der Waals surface area contributed by atoms with Crippen LogP contribution in [-0.4, -0.2) is 18.1 Å². The van der Waals surface area contributed by atoms with Crippen molar-refractivity contribution in [2.45, 2.75) is 25.7 Å². The third-order valence-corrected chi connectivity index (χ3v) is 11.1. The van der Waals surface area contributed by atoms with Gasteiger partial charge >= 0.3 is 0 Å². The zero-order valence-corrected chi connectivity index (χ0v) is 34.5. The van der Waals surface area contributed by atoms with Crippen molar-refractivity contribution >= 4 is 46.2 Å². The molecule has 0 bridgehead atoms. The third kappa shape index (κ3) is 9.49. The molecule has 0 radical (unpaired) electrons. The van der Waals surface area contributed by atoms with Crippen molar-refractivity contribution in [2.75, 3.05) is 0 Å². The zero-order valence-electron chi connectivity index (χ0n) is 34.5. The minimum atomic E-state index is 0.135. The van der Waals surface area contributed by atoms with Gasteiger partial charge in [-0.25, -0.2) is 0 Å². The molecule has 0 saturated heterocycles. The van der Waals surface area contributed by atoms with E-state index in [0.29, 0.717) is 0 Å². The summed E-state index contributed by atoms with van der Waals surface area (Å²) in [5, 5.41) is 5.11. The van der Waals surface area contributed by atoms with E-state index in [0.717, 1.165) is 12.8 Å². The summed E-state index contributed by atoms with van der Waals surface area (Å²) in [5.41, 5.74) is 14.0. The van der Waals surface area contributed by atoms with E-state index < -0.39 is 0 Å². The Morgan fingerprint density at radius 2 is 0.934 bits per heavy atom. The lowest BCUT2D eigenvalue weighted by atomic mass is 9.84. The Morgan fingerprint density at radius 1 is 0.410 bits per heavy atom. The van der Waals surface area contributed by atoms with E-state index in [1.165, 1.54) is 82.8 Å². The lowest BCUT2D eigenvalue weighted by Gasteiger charge is -2.19. The van der Waals surface area contributed by atoms with E-state index in [1.807, 2.05) is 31.8 Å². The number of hydrogen-bond donors (Lipinski definition) is 0. The SMILES string of the molecule is C=O.C=O.Cc1ccccc1.c1ccc(CCc2ccc3c(c2)c2cc(C(c4ccccc4)c4ccccc4)ccc2n3-c2cccc(-c3cccc4ccccc34)c2)cc1. The van der Waals surface area contributed by atoms with Gasteiger partial charge in [-0.15, -0.1) is 0 Å². The lowest BCUT2D eigenvalue weighted by molar-refractivity contribution is -0.0987. The van der Waals surface area contributed by atoms with Gasteiger partial charge in [0.1, 0.15) is 13.6 Å². The number of carbonyl (C=O) groups is 2. The van der Waals surface area contributed by atoms with Crippen molar-refractivity contribution in [2.24, 2.45) is 0 Å². The molecule has 0 spiro atoms. The monoisotopic (exact) mass is 791 g/mol. The fourth-order valence-corrected chi connectivity index (χ4v) is 8.33. The van der Waals surface area contributed by atoms with Crippen molar-refractivity contribution < 1.29 is 9.59 Å². The average Bonchev–Trinajstić information content (AvgIpc) is 3.66. The first-order valence-electron chi connectivity index (χ1n) is 20.6. The third-order valence-electron chi connectivity index (χ3n) is 11.1. The van der Waals surface area contributed by atoms with Crippen LogP contribution in [0, 0.1) is 6.92 Å². The molecule has 61 heavy (non-hydrogen) atoms. The fourth-order valence-electron chi connectivity index (χ4n) is 8.33. The van der Waals surface area contributed by atoms with Gasteiger partial charge < -0.3 is 14.2 Å². The van der Waals surface area contributed by atoms with E-state index in [2.05, 4.69) is 218 Å². The molecule has 10 rings (SSSR count). The highest BCUT2D eigenvalue weighted by molar-refractivity contribution is 6.10. The van der Waals surface area contributed by atoms with Crippen LogP contribution in [0.5, 0.6) is 0 Å².